The molecule has 0 aromatic rings. The van der Waals surface area contributed by atoms with Crippen molar-refractivity contribution in [1.29, 1.82) is 0 Å². The van der Waals surface area contributed by atoms with Gasteiger partial charge in [0, 0.05) is 12.8 Å². The molecule has 0 amide bonds. The Kier molecular flexibility index (Phi) is 5.09. The van der Waals surface area contributed by atoms with E-state index in [1.807, 2.05) is 0 Å². The molecule has 1 saturated heterocycles. The maximum atomic E-state index is 11.9. The number of ketones is 4. The topological polar surface area (TPSA) is 94.6 Å². The summed E-state index contributed by atoms with van der Waals surface area (Å²) in [6.45, 7) is 3.49. The Balaban J connectivity index is 3.05. The van der Waals surface area contributed by atoms with E-state index in [0.717, 1.165) is 0 Å². The van der Waals surface area contributed by atoms with Crippen LogP contribution in [0, 0.1) is 5.92 Å². The van der Waals surface area contributed by atoms with Crippen LogP contribution in [0.5, 0.6) is 0 Å². The van der Waals surface area contributed by atoms with Gasteiger partial charge in [-0.15, -0.1) is 0 Å². The van der Waals surface area contributed by atoms with Crippen LogP contribution in [-0.2, 0) is 28.7 Å². The molecule has 6 nitrogen and oxygen atoms in total. The second-order valence-electron chi connectivity index (χ2n) is 4.43. The molecule has 19 heavy (non-hydrogen) atoms. The van der Waals surface area contributed by atoms with Crippen LogP contribution in [0.4, 0.5) is 0 Å². The minimum Gasteiger partial charge on any atom is -0.447 e. The Labute approximate surface area is 110 Å². The van der Waals surface area contributed by atoms with Gasteiger partial charge < -0.3 is 4.74 Å². The summed E-state index contributed by atoms with van der Waals surface area (Å²) in [7, 11) is 0. The van der Waals surface area contributed by atoms with Gasteiger partial charge in [-0.05, 0) is 12.8 Å². The summed E-state index contributed by atoms with van der Waals surface area (Å²) in [6, 6.07) is 0. The first-order chi connectivity index (χ1) is 8.93. The van der Waals surface area contributed by atoms with Crippen molar-refractivity contribution in [3.8, 4) is 0 Å². The number of Topliss-reactive ketones (excluding diaryl/α,β-unsaturated/α-hetero) is 4. The lowest BCUT2D eigenvalue weighted by molar-refractivity contribution is -0.174. The third kappa shape index (κ3) is 3.13. The quantitative estimate of drug-likeness (QED) is 0.393. The molecule has 2 atom stereocenters. The van der Waals surface area contributed by atoms with Crippen molar-refractivity contribution < 1.29 is 28.7 Å². The van der Waals surface area contributed by atoms with Crippen molar-refractivity contribution in [3.63, 3.8) is 0 Å². The Morgan fingerprint density at radius 2 is 1.53 bits per heavy atom. The zero-order chi connectivity index (χ0) is 14.6. The molecular weight excluding hydrogens is 252 g/mol. The highest BCUT2D eigenvalue weighted by molar-refractivity contribution is 6.65. The molecule has 1 aliphatic rings. The van der Waals surface area contributed by atoms with Crippen molar-refractivity contribution in [2.45, 2.75) is 45.6 Å². The highest BCUT2D eigenvalue weighted by Gasteiger charge is 2.49. The van der Waals surface area contributed by atoms with Gasteiger partial charge in [0.2, 0.25) is 5.78 Å². The fraction of sp³-hybridized carbons (Fsp3) is 0.615. The van der Waals surface area contributed by atoms with E-state index in [4.69, 9.17) is 0 Å². The minimum atomic E-state index is -1.45. The average Bonchev–Trinajstić information content (AvgIpc) is 2.35. The van der Waals surface area contributed by atoms with Crippen LogP contribution in [-0.4, -0.2) is 35.2 Å². The minimum absolute atomic E-state index is 0.0666. The average molecular weight is 268 g/mol. The lowest BCUT2D eigenvalue weighted by Crippen LogP contribution is -2.52. The number of cyclic esters (lactones) is 1. The third-order valence-corrected chi connectivity index (χ3v) is 2.89. The zero-order valence-electron chi connectivity index (χ0n) is 10.9. The van der Waals surface area contributed by atoms with E-state index in [1.165, 1.54) is 0 Å². The summed E-state index contributed by atoms with van der Waals surface area (Å²) in [5, 5.41) is 0. The Hall–Kier alpha value is -1.85. The molecule has 1 fully saturated rings. The van der Waals surface area contributed by atoms with Gasteiger partial charge in [0.25, 0.3) is 0 Å². The number of ether oxygens (including phenoxy) is 1. The summed E-state index contributed by atoms with van der Waals surface area (Å²) in [6.07, 6.45) is -0.285. The van der Waals surface area contributed by atoms with Crippen LogP contribution < -0.4 is 0 Å². The molecule has 0 N–H and O–H groups in total. The highest BCUT2D eigenvalue weighted by Crippen LogP contribution is 2.22. The normalized spacial score (nSPS) is 23.2. The third-order valence-electron chi connectivity index (χ3n) is 2.89. The largest absolute Gasteiger partial charge is 0.447 e. The smallest absolute Gasteiger partial charge is 0.383 e. The van der Waals surface area contributed by atoms with E-state index >= 15 is 0 Å². The summed E-state index contributed by atoms with van der Waals surface area (Å²) in [4.78, 5) is 57.9. The number of hydrogen-bond acceptors (Lipinski definition) is 6. The molecule has 0 aromatic heterocycles. The second kappa shape index (κ2) is 6.36. The summed E-state index contributed by atoms with van der Waals surface area (Å²) in [5.74, 6) is -6.29. The predicted octanol–water partition coefficient (Wildman–Crippen LogP) is 0.405. The molecule has 0 radical (unpaired) electrons. The number of carbonyl (C=O) groups is 5. The summed E-state index contributed by atoms with van der Waals surface area (Å²) < 4.78 is 4.68. The zero-order valence-corrected chi connectivity index (χ0v) is 10.9. The van der Waals surface area contributed by atoms with Gasteiger partial charge in [-0.3, -0.25) is 19.2 Å². The molecule has 6 heteroatoms. The molecule has 1 aliphatic heterocycles. The first-order valence-corrected chi connectivity index (χ1v) is 6.28. The summed E-state index contributed by atoms with van der Waals surface area (Å²) >= 11 is 0. The lowest BCUT2D eigenvalue weighted by Gasteiger charge is -2.26. The van der Waals surface area contributed by atoms with Crippen molar-refractivity contribution >= 4 is 29.1 Å². The van der Waals surface area contributed by atoms with Gasteiger partial charge in [-0.2, -0.15) is 0 Å². The first kappa shape index (κ1) is 15.2. The number of rotatable bonds is 6. The molecule has 0 saturated carbocycles. The monoisotopic (exact) mass is 268 g/mol. The molecular formula is C13H16O6. The van der Waals surface area contributed by atoms with Crippen LogP contribution in [0.2, 0.25) is 0 Å². The first-order valence-electron chi connectivity index (χ1n) is 6.28. The second-order valence-corrected chi connectivity index (χ2v) is 4.43. The molecule has 0 spiro atoms. The van der Waals surface area contributed by atoms with Gasteiger partial charge in [-0.1, -0.05) is 13.8 Å². The van der Waals surface area contributed by atoms with Crippen LogP contribution in [0.25, 0.3) is 0 Å². The van der Waals surface area contributed by atoms with Crippen LogP contribution >= 0.6 is 0 Å². The van der Waals surface area contributed by atoms with Crippen LogP contribution in [0.15, 0.2) is 0 Å². The van der Waals surface area contributed by atoms with E-state index in [9.17, 15) is 24.0 Å². The van der Waals surface area contributed by atoms with E-state index in [0.29, 0.717) is 12.8 Å². The molecule has 0 aliphatic carbocycles. The number of esters is 1. The molecule has 1 rings (SSSR count). The van der Waals surface area contributed by atoms with Gasteiger partial charge in [0.15, 0.2) is 11.9 Å². The Morgan fingerprint density at radius 3 is 2.05 bits per heavy atom. The van der Waals surface area contributed by atoms with Crippen molar-refractivity contribution in [2.24, 2.45) is 5.92 Å². The fourth-order valence-electron chi connectivity index (χ4n) is 1.97. The van der Waals surface area contributed by atoms with Gasteiger partial charge >= 0.3 is 11.8 Å². The van der Waals surface area contributed by atoms with E-state index in [-0.39, 0.29) is 12.8 Å². The van der Waals surface area contributed by atoms with Gasteiger partial charge in [-0.25, -0.2) is 4.79 Å². The highest BCUT2D eigenvalue weighted by atomic mass is 16.6. The van der Waals surface area contributed by atoms with E-state index in [2.05, 4.69) is 4.74 Å². The van der Waals surface area contributed by atoms with Gasteiger partial charge in [0.05, 0.1) is 0 Å². The molecule has 1 heterocycles. The molecule has 0 aromatic carbocycles. The Bertz CT molecular complexity index is 436. The maximum absolute atomic E-state index is 11.9. The van der Waals surface area contributed by atoms with Crippen molar-refractivity contribution in [2.75, 3.05) is 0 Å². The lowest BCUT2D eigenvalue weighted by atomic mass is 9.83. The molecule has 104 valence electrons. The Morgan fingerprint density at radius 1 is 1.00 bits per heavy atom. The standard InChI is InChI=1S/C13H16O6/c1-3-5-7(14)9-10(16)11(17)13(18)19-12(9)8(15)6-4-2/h9,12H,3-6H2,1-2H3. The van der Waals surface area contributed by atoms with Crippen LogP contribution in [0.1, 0.15) is 39.5 Å². The van der Waals surface area contributed by atoms with Crippen LogP contribution in [0.3, 0.4) is 0 Å². The number of carbonyl (C=O) groups excluding carboxylic acids is 5. The molecule has 2 unspecified atom stereocenters. The van der Waals surface area contributed by atoms with Gasteiger partial charge in [0.1, 0.15) is 11.7 Å². The SMILES string of the molecule is CCCC(=O)C1OC(=O)C(=O)C(=O)C1C(=O)CCC. The summed E-state index contributed by atoms with van der Waals surface area (Å²) in [5.41, 5.74) is 0. The number of hydrogen-bond donors (Lipinski definition) is 0. The van der Waals surface area contributed by atoms with Crippen molar-refractivity contribution in [3.05, 3.63) is 0 Å². The molecule has 0 bridgehead atoms. The van der Waals surface area contributed by atoms with Crippen molar-refractivity contribution in [1.82, 2.24) is 0 Å². The maximum Gasteiger partial charge on any atom is 0.383 e. The fourth-order valence-corrected chi connectivity index (χ4v) is 1.97. The van der Waals surface area contributed by atoms with E-state index in [1.54, 1.807) is 13.8 Å². The van der Waals surface area contributed by atoms with E-state index < -0.39 is 41.1 Å². The predicted molar refractivity (Wildman–Crippen MR) is 63.2 cm³/mol.